The Labute approximate surface area is 170 Å². The first-order chi connectivity index (χ1) is 13.5. The first-order valence-corrected chi connectivity index (χ1v) is 10.1. The predicted molar refractivity (Wildman–Crippen MR) is 107 cm³/mol. The van der Waals surface area contributed by atoms with E-state index in [1.54, 1.807) is 21.9 Å². The molecule has 0 saturated carbocycles. The Balaban J connectivity index is 1.41. The molecule has 28 heavy (non-hydrogen) atoms. The lowest BCUT2D eigenvalue weighted by Crippen LogP contribution is -2.41. The molecule has 1 N–H and O–H groups in total. The van der Waals surface area contributed by atoms with E-state index < -0.39 is 0 Å². The summed E-state index contributed by atoms with van der Waals surface area (Å²) in [5, 5.41) is 2.89. The maximum absolute atomic E-state index is 12.4. The Morgan fingerprint density at radius 3 is 2.43 bits per heavy atom. The molecule has 1 aromatic carbocycles. The Bertz CT molecular complexity index is 914. The van der Waals surface area contributed by atoms with Crippen LogP contribution in [0.1, 0.15) is 16.1 Å². The summed E-state index contributed by atoms with van der Waals surface area (Å²) < 4.78 is 5.69. The van der Waals surface area contributed by atoms with E-state index in [-0.39, 0.29) is 36.8 Å². The van der Waals surface area contributed by atoms with Crippen LogP contribution >= 0.6 is 22.9 Å². The lowest BCUT2D eigenvalue weighted by molar-refractivity contribution is -0.125. The minimum absolute atomic E-state index is 0.0512. The van der Waals surface area contributed by atoms with Gasteiger partial charge in [-0.25, -0.2) is 0 Å². The number of nitrogens with zero attached hydrogens (tertiary/aromatic N) is 2. The maximum atomic E-state index is 12.4. The number of halogens is 1. The Morgan fingerprint density at radius 1 is 1.07 bits per heavy atom. The van der Waals surface area contributed by atoms with Crippen molar-refractivity contribution in [1.82, 2.24) is 5.32 Å². The molecule has 3 heterocycles. The molecule has 9 heteroatoms. The molecule has 146 valence electrons. The van der Waals surface area contributed by atoms with E-state index in [2.05, 4.69) is 5.32 Å². The number of rotatable bonds is 4. The summed E-state index contributed by atoms with van der Waals surface area (Å²) in [7, 11) is 0. The van der Waals surface area contributed by atoms with Gasteiger partial charge in [-0.2, -0.15) is 0 Å². The van der Waals surface area contributed by atoms with Crippen LogP contribution in [0.4, 0.5) is 11.4 Å². The van der Waals surface area contributed by atoms with E-state index >= 15 is 0 Å². The Kier molecular flexibility index (Phi) is 5.34. The third kappa shape index (κ3) is 3.89. The van der Waals surface area contributed by atoms with Crippen molar-refractivity contribution >= 4 is 52.0 Å². The zero-order chi connectivity index (χ0) is 19.7. The molecule has 0 unspecified atom stereocenters. The van der Waals surface area contributed by atoms with E-state index in [1.807, 2.05) is 24.3 Å². The maximum Gasteiger partial charge on any atom is 0.261 e. The van der Waals surface area contributed by atoms with Gasteiger partial charge in [-0.1, -0.05) is 11.6 Å². The molecule has 0 spiro atoms. The number of anilines is 2. The van der Waals surface area contributed by atoms with Gasteiger partial charge in [0.15, 0.2) is 0 Å². The highest BCUT2D eigenvalue weighted by Crippen LogP contribution is 2.26. The van der Waals surface area contributed by atoms with Crippen molar-refractivity contribution < 1.29 is 19.1 Å². The number of carbonyl (C=O) groups is 3. The summed E-state index contributed by atoms with van der Waals surface area (Å²) in [5.74, 6) is -0.352. The summed E-state index contributed by atoms with van der Waals surface area (Å²) in [6, 6.07) is 10.4. The fraction of sp³-hybridized carbons (Fsp3) is 0.316. The first kappa shape index (κ1) is 18.9. The van der Waals surface area contributed by atoms with Crippen LogP contribution in [0, 0.1) is 0 Å². The minimum atomic E-state index is -0.263. The smallest absolute Gasteiger partial charge is 0.261 e. The summed E-state index contributed by atoms with van der Waals surface area (Å²) in [6.45, 7) is 1.51. The third-order valence-electron chi connectivity index (χ3n) is 4.72. The van der Waals surface area contributed by atoms with Crippen LogP contribution in [0.2, 0.25) is 4.34 Å². The van der Waals surface area contributed by atoms with Crippen LogP contribution in [0.15, 0.2) is 36.4 Å². The molecular formula is C19H18ClN3O4S. The molecule has 2 aliphatic rings. The van der Waals surface area contributed by atoms with Crippen LogP contribution in [0.5, 0.6) is 0 Å². The summed E-state index contributed by atoms with van der Waals surface area (Å²) in [5.41, 5.74) is 1.52. The zero-order valence-corrected chi connectivity index (χ0v) is 16.5. The monoisotopic (exact) mass is 419 g/mol. The Morgan fingerprint density at radius 2 is 1.79 bits per heavy atom. The van der Waals surface area contributed by atoms with Gasteiger partial charge in [-0.3, -0.25) is 14.4 Å². The van der Waals surface area contributed by atoms with Gasteiger partial charge in [0, 0.05) is 30.9 Å². The third-order valence-corrected chi connectivity index (χ3v) is 5.95. The fourth-order valence-electron chi connectivity index (χ4n) is 3.35. The lowest BCUT2D eigenvalue weighted by atomic mass is 10.2. The Hall–Kier alpha value is -2.42. The van der Waals surface area contributed by atoms with Gasteiger partial charge >= 0.3 is 0 Å². The van der Waals surface area contributed by atoms with Crippen molar-refractivity contribution in [1.29, 1.82) is 0 Å². The van der Waals surface area contributed by atoms with Crippen molar-refractivity contribution in [3.63, 3.8) is 0 Å². The van der Waals surface area contributed by atoms with Crippen LogP contribution in [0.3, 0.4) is 0 Å². The van der Waals surface area contributed by atoms with Gasteiger partial charge in [0.25, 0.3) is 11.8 Å². The average molecular weight is 420 g/mol. The zero-order valence-electron chi connectivity index (χ0n) is 14.9. The number of amides is 3. The van der Waals surface area contributed by atoms with Gasteiger partial charge < -0.3 is 19.9 Å². The highest BCUT2D eigenvalue weighted by molar-refractivity contribution is 7.18. The topological polar surface area (TPSA) is 79.0 Å². The number of hydrogen-bond donors (Lipinski definition) is 1. The van der Waals surface area contributed by atoms with E-state index in [9.17, 15) is 14.4 Å². The van der Waals surface area contributed by atoms with Gasteiger partial charge in [0.2, 0.25) is 5.91 Å². The molecule has 1 atom stereocenters. The minimum Gasteiger partial charge on any atom is -0.370 e. The first-order valence-electron chi connectivity index (χ1n) is 8.86. The van der Waals surface area contributed by atoms with Crippen molar-refractivity contribution in [3.8, 4) is 0 Å². The summed E-state index contributed by atoms with van der Waals surface area (Å²) in [6.07, 6.45) is 0.245. The molecular weight excluding hydrogens is 402 g/mol. The standard InChI is InChI=1S/C19H18ClN3O4S/c20-16-6-5-15(28-16)19(26)21-12-9-17(24)23(10-12)14-3-1-13(2-4-14)22-7-8-27-11-18(22)25/h1-6,12H,7-11H2,(H,21,26)/t12-/m1/s1. The number of carbonyl (C=O) groups excluding carboxylic acids is 3. The molecule has 0 aliphatic carbocycles. The quantitative estimate of drug-likeness (QED) is 0.824. The summed E-state index contributed by atoms with van der Waals surface area (Å²) >= 11 is 7.08. The molecule has 2 aromatic rings. The second-order valence-corrected chi connectivity index (χ2v) is 8.31. The molecule has 3 amide bonds. The largest absolute Gasteiger partial charge is 0.370 e. The molecule has 0 bridgehead atoms. The summed E-state index contributed by atoms with van der Waals surface area (Å²) in [4.78, 5) is 40.5. The van der Waals surface area contributed by atoms with Crippen molar-refractivity contribution in [2.24, 2.45) is 0 Å². The molecule has 0 radical (unpaired) electrons. The van der Waals surface area contributed by atoms with Gasteiger partial charge in [-0.05, 0) is 36.4 Å². The van der Waals surface area contributed by atoms with Crippen molar-refractivity contribution in [2.75, 3.05) is 36.1 Å². The number of morpholine rings is 1. The SMILES string of the molecule is O=C(N[C@@H]1CC(=O)N(c2ccc(N3CCOCC3=O)cc2)C1)c1ccc(Cl)s1. The van der Waals surface area contributed by atoms with Gasteiger partial charge in [0.05, 0.1) is 21.9 Å². The molecule has 2 aliphatic heterocycles. The molecule has 1 aromatic heterocycles. The fourth-order valence-corrected chi connectivity index (χ4v) is 4.30. The highest BCUT2D eigenvalue weighted by atomic mass is 35.5. The van der Waals surface area contributed by atoms with Crippen molar-refractivity contribution in [3.05, 3.63) is 45.6 Å². The van der Waals surface area contributed by atoms with E-state index in [1.165, 1.54) is 11.3 Å². The molecule has 7 nitrogen and oxygen atoms in total. The number of thiophene rings is 1. The normalized spacial score (nSPS) is 20.0. The van der Waals surface area contributed by atoms with Gasteiger partial charge in [0.1, 0.15) is 6.61 Å². The highest BCUT2D eigenvalue weighted by Gasteiger charge is 2.32. The van der Waals surface area contributed by atoms with Crippen molar-refractivity contribution in [2.45, 2.75) is 12.5 Å². The van der Waals surface area contributed by atoms with Crippen LogP contribution in [0.25, 0.3) is 0 Å². The second-order valence-electron chi connectivity index (χ2n) is 6.60. The predicted octanol–water partition coefficient (Wildman–Crippen LogP) is 2.30. The van der Waals surface area contributed by atoms with Crippen LogP contribution in [-0.4, -0.2) is 50.1 Å². The van der Waals surface area contributed by atoms with E-state index in [4.69, 9.17) is 16.3 Å². The average Bonchev–Trinajstić information content (AvgIpc) is 3.28. The number of nitrogens with one attached hydrogen (secondary N) is 1. The second kappa shape index (κ2) is 7.90. The lowest BCUT2D eigenvalue weighted by Gasteiger charge is -2.27. The van der Waals surface area contributed by atoms with E-state index in [0.717, 1.165) is 11.4 Å². The number of ether oxygens (including phenoxy) is 1. The number of benzene rings is 1. The van der Waals surface area contributed by atoms with E-state index in [0.29, 0.717) is 28.9 Å². The van der Waals surface area contributed by atoms with Crippen LogP contribution < -0.4 is 15.1 Å². The van der Waals surface area contributed by atoms with Gasteiger partial charge in [-0.15, -0.1) is 11.3 Å². The molecule has 2 fully saturated rings. The number of hydrogen-bond acceptors (Lipinski definition) is 5. The molecule has 4 rings (SSSR count). The van der Waals surface area contributed by atoms with Crippen LogP contribution in [-0.2, 0) is 14.3 Å². The molecule has 2 saturated heterocycles.